The Balaban J connectivity index is 1.81. The molecule has 0 unspecified atom stereocenters. The van der Waals surface area contributed by atoms with Crippen molar-refractivity contribution in [2.24, 2.45) is 0 Å². The highest BCUT2D eigenvalue weighted by molar-refractivity contribution is 6.31. The van der Waals surface area contributed by atoms with Crippen LogP contribution < -0.4 is 5.32 Å². The van der Waals surface area contributed by atoms with Crippen LogP contribution in [0.5, 0.6) is 0 Å². The summed E-state index contributed by atoms with van der Waals surface area (Å²) in [6.45, 7) is 0. The molecule has 2 aromatic carbocycles. The van der Waals surface area contributed by atoms with E-state index in [2.05, 4.69) is 10.5 Å². The van der Waals surface area contributed by atoms with Crippen LogP contribution in [0.3, 0.4) is 0 Å². The second kappa shape index (κ2) is 6.18. The number of anilines is 1. The maximum Gasteiger partial charge on any atom is 0.277 e. The summed E-state index contributed by atoms with van der Waals surface area (Å²) < 4.78 is 31.7. The van der Waals surface area contributed by atoms with E-state index in [0.717, 1.165) is 0 Å². The number of nitrogens with zero attached hydrogens (tertiary/aromatic N) is 1. The van der Waals surface area contributed by atoms with Crippen LogP contribution in [-0.4, -0.2) is 11.1 Å². The quantitative estimate of drug-likeness (QED) is 0.766. The smallest absolute Gasteiger partial charge is 0.277 e. The molecule has 0 spiro atoms. The van der Waals surface area contributed by atoms with Crippen molar-refractivity contribution in [1.82, 2.24) is 5.16 Å². The van der Waals surface area contributed by atoms with Gasteiger partial charge in [0.2, 0.25) is 0 Å². The van der Waals surface area contributed by atoms with Crippen LogP contribution in [0.2, 0.25) is 5.02 Å². The first kappa shape index (κ1) is 15.2. The molecule has 0 bridgehead atoms. The van der Waals surface area contributed by atoms with Crippen molar-refractivity contribution in [2.45, 2.75) is 0 Å². The first-order valence-corrected chi connectivity index (χ1v) is 6.90. The summed E-state index contributed by atoms with van der Waals surface area (Å²) in [5.74, 6) is -1.47. The van der Waals surface area contributed by atoms with Crippen LogP contribution in [0.15, 0.2) is 53.1 Å². The molecule has 116 valence electrons. The minimum atomic E-state index is -0.732. The van der Waals surface area contributed by atoms with Crippen LogP contribution >= 0.6 is 11.6 Å². The third-order valence-electron chi connectivity index (χ3n) is 3.07. The average Bonchev–Trinajstić information content (AvgIpc) is 3.02. The molecule has 0 aliphatic carbocycles. The van der Waals surface area contributed by atoms with Crippen molar-refractivity contribution in [1.29, 1.82) is 0 Å². The van der Waals surface area contributed by atoms with Crippen molar-refractivity contribution in [3.8, 4) is 11.3 Å². The van der Waals surface area contributed by atoms with Gasteiger partial charge in [0.15, 0.2) is 17.3 Å². The molecule has 1 N–H and O–H groups in total. The molecular formula is C16H9ClF2N2O2. The van der Waals surface area contributed by atoms with E-state index in [1.54, 1.807) is 0 Å². The molecule has 0 saturated heterocycles. The van der Waals surface area contributed by atoms with Gasteiger partial charge in [-0.25, -0.2) is 8.78 Å². The van der Waals surface area contributed by atoms with E-state index in [1.165, 1.54) is 48.5 Å². The van der Waals surface area contributed by atoms with Gasteiger partial charge in [0, 0.05) is 11.6 Å². The lowest BCUT2D eigenvalue weighted by Crippen LogP contribution is -2.13. The SMILES string of the molecule is O=C(Nc1cccc(Cl)c1F)c1cc(-c2ccc(F)cc2)on1. The lowest BCUT2D eigenvalue weighted by Gasteiger charge is -2.04. The van der Waals surface area contributed by atoms with Crippen molar-refractivity contribution in [3.05, 3.63) is 70.9 Å². The minimum absolute atomic E-state index is 0.0382. The minimum Gasteiger partial charge on any atom is -0.355 e. The standard InChI is InChI=1S/C16H9ClF2N2O2/c17-11-2-1-3-12(15(11)19)20-16(22)13-8-14(23-21-13)9-4-6-10(18)7-5-9/h1-8H,(H,20,22). The zero-order chi connectivity index (χ0) is 16.4. The van der Waals surface area contributed by atoms with Gasteiger partial charge in [0.05, 0.1) is 10.7 Å². The molecule has 3 aromatic rings. The molecule has 7 heteroatoms. The monoisotopic (exact) mass is 334 g/mol. The van der Waals surface area contributed by atoms with Crippen molar-refractivity contribution in [2.75, 3.05) is 5.32 Å². The van der Waals surface area contributed by atoms with Crippen LogP contribution in [-0.2, 0) is 0 Å². The molecular weight excluding hydrogens is 326 g/mol. The topological polar surface area (TPSA) is 55.1 Å². The number of aromatic nitrogens is 1. The molecule has 3 rings (SSSR count). The van der Waals surface area contributed by atoms with Gasteiger partial charge in [0.25, 0.3) is 5.91 Å². The normalized spacial score (nSPS) is 10.6. The number of hydrogen-bond acceptors (Lipinski definition) is 3. The third kappa shape index (κ3) is 3.22. The van der Waals surface area contributed by atoms with E-state index in [-0.39, 0.29) is 22.2 Å². The zero-order valence-corrected chi connectivity index (χ0v) is 12.3. The first-order valence-electron chi connectivity index (χ1n) is 6.52. The van der Waals surface area contributed by atoms with E-state index in [4.69, 9.17) is 16.1 Å². The van der Waals surface area contributed by atoms with E-state index in [9.17, 15) is 13.6 Å². The van der Waals surface area contributed by atoms with Gasteiger partial charge in [0.1, 0.15) is 5.82 Å². The Morgan fingerprint density at radius 3 is 2.61 bits per heavy atom. The van der Waals surface area contributed by atoms with Gasteiger partial charge in [-0.05, 0) is 36.4 Å². The average molecular weight is 335 g/mol. The fraction of sp³-hybridized carbons (Fsp3) is 0. The van der Waals surface area contributed by atoms with E-state index >= 15 is 0 Å². The largest absolute Gasteiger partial charge is 0.355 e. The van der Waals surface area contributed by atoms with Gasteiger partial charge in [-0.2, -0.15) is 0 Å². The lowest BCUT2D eigenvalue weighted by molar-refractivity contribution is 0.101. The van der Waals surface area contributed by atoms with Crippen LogP contribution in [0.25, 0.3) is 11.3 Å². The van der Waals surface area contributed by atoms with Crippen molar-refractivity contribution < 1.29 is 18.1 Å². The van der Waals surface area contributed by atoms with Crippen LogP contribution in [0.1, 0.15) is 10.5 Å². The summed E-state index contributed by atoms with van der Waals surface area (Å²) in [4.78, 5) is 12.1. The molecule has 0 atom stereocenters. The molecule has 0 aliphatic heterocycles. The predicted octanol–water partition coefficient (Wildman–Crippen LogP) is 4.53. The molecule has 0 fully saturated rings. The summed E-state index contributed by atoms with van der Waals surface area (Å²) in [6.07, 6.45) is 0. The maximum atomic E-state index is 13.8. The molecule has 4 nitrogen and oxygen atoms in total. The van der Waals surface area contributed by atoms with E-state index in [0.29, 0.717) is 11.3 Å². The number of carbonyl (C=O) groups is 1. The number of rotatable bonds is 3. The van der Waals surface area contributed by atoms with Gasteiger partial charge in [-0.15, -0.1) is 0 Å². The van der Waals surface area contributed by atoms with Gasteiger partial charge in [-0.1, -0.05) is 22.8 Å². The predicted molar refractivity (Wildman–Crippen MR) is 81.3 cm³/mol. The number of halogens is 3. The van der Waals surface area contributed by atoms with E-state index in [1.807, 2.05) is 0 Å². The molecule has 0 aliphatic rings. The third-order valence-corrected chi connectivity index (χ3v) is 3.36. The summed E-state index contributed by atoms with van der Waals surface area (Å²) in [5, 5.41) is 5.89. The maximum absolute atomic E-state index is 13.8. The Morgan fingerprint density at radius 1 is 1.13 bits per heavy atom. The summed E-state index contributed by atoms with van der Waals surface area (Å²) in [6, 6.07) is 11.1. The van der Waals surface area contributed by atoms with Crippen LogP contribution in [0, 0.1) is 11.6 Å². The summed E-state index contributed by atoms with van der Waals surface area (Å²) >= 11 is 5.65. The van der Waals surface area contributed by atoms with Crippen LogP contribution in [0.4, 0.5) is 14.5 Å². The highest BCUT2D eigenvalue weighted by Crippen LogP contribution is 2.24. The molecule has 0 saturated carbocycles. The second-order valence-electron chi connectivity index (χ2n) is 4.64. The number of benzene rings is 2. The van der Waals surface area contributed by atoms with E-state index < -0.39 is 11.7 Å². The number of amides is 1. The Hall–Kier alpha value is -2.73. The summed E-state index contributed by atoms with van der Waals surface area (Å²) in [7, 11) is 0. The first-order chi connectivity index (χ1) is 11.0. The molecule has 23 heavy (non-hydrogen) atoms. The fourth-order valence-corrected chi connectivity index (χ4v) is 2.09. The highest BCUT2D eigenvalue weighted by Gasteiger charge is 2.16. The number of nitrogens with one attached hydrogen (secondary N) is 1. The molecule has 1 amide bonds. The summed E-state index contributed by atoms with van der Waals surface area (Å²) in [5.41, 5.74) is 0.462. The Kier molecular flexibility index (Phi) is 4.08. The Bertz CT molecular complexity index is 863. The second-order valence-corrected chi connectivity index (χ2v) is 5.05. The molecule has 1 aromatic heterocycles. The molecule has 0 radical (unpaired) electrons. The Labute approximate surface area is 134 Å². The van der Waals surface area contributed by atoms with Crippen molar-refractivity contribution in [3.63, 3.8) is 0 Å². The zero-order valence-electron chi connectivity index (χ0n) is 11.5. The molecule has 1 heterocycles. The lowest BCUT2D eigenvalue weighted by atomic mass is 10.1. The number of carbonyl (C=O) groups excluding carboxylic acids is 1. The van der Waals surface area contributed by atoms with Gasteiger partial charge in [-0.3, -0.25) is 4.79 Å². The Morgan fingerprint density at radius 2 is 1.87 bits per heavy atom. The number of hydrogen-bond donors (Lipinski definition) is 1. The highest BCUT2D eigenvalue weighted by atomic mass is 35.5. The van der Waals surface area contributed by atoms with Crippen molar-refractivity contribution >= 4 is 23.2 Å². The fourth-order valence-electron chi connectivity index (χ4n) is 1.92. The van der Waals surface area contributed by atoms with Gasteiger partial charge >= 0.3 is 0 Å². The van der Waals surface area contributed by atoms with Gasteiger partial charge < -0.3 is 9.84 Å².